The zero-order chi connectivity index (χ0) is 23.6. The van der Waals surface area contributed by atoms with Crippen LogP contribution in [-0.2, 0) is 21.9 Å². The Morgan fingerprint density at radius 3 is 2.52 bits per heavy atom. The molecule has 1 aliphatic heterocycles. The van der Waals surface area contributed by atoms with E-state index in [1.165, 1.54) is 6.07 Å². The number of fused-ring (bicyclic) bond motifs is 1. The van der Waals surface area contributed by atoms with Gasteiger partial charge >= 0.3 is 5.97 Å². The average molecular weight is 451 g/mol. The van der Waals surface area contributed by atoms with E-state index in [0.29, 0.717) is 18.6 Å². The van der Waals surface area contributed by atoms with E-state index in [0.717, 1.165) is 27.8 Å². The van der Waals surface area contributed by atoms with Gasteiger partial charge in [0, 0.05) is 6.42 Å². The van der Waals surface area contributed by atoms with Gasteiger partial charge in [-0.15, -0.1) is 0 Å². The lowest BCUT2D eigenvalue weighted by molar-refractivity contribution is -0.143. The minimum atomic E-state index is -3.03. The summed E-state index contributed by atoms with van der Waals surface area (Å²) >= 11 is 0. The minimum absolute atomic E-state index is 0.119. The second kappa shape index (κ2) is 9.34. The van der Waals surface area contributed by atoms with Gasteiger partial charge in [0.2, 0.25) is 0 Å². The first kappa shape index (κ1) is 23.0. The third kappa shape index (κ3) is 4.92. The summed E-state index contributed by atoms with van der Waals surface area (Å²) in [5.41, 5.74) is 5.67. The van der Waals surface area contributed by atoms with Crippen LogP contribution < -0.4 is 4.74 Å². The first-order chi connectivity index (χ1) is 15.8. The van der Waals surface area contributed by atoms with Gasteiger partial charge < -0.3 is 9.47 Å². The summed E-state index contributed by atoms with van der Waals surface area (Å²) in [6.45, 7) is 6.15. The fourth-order valence-electron chi connectivity index (χ4n) is 4.49. The van der Waals surface area contributed by atoms with Crippen molar-refractivity contribution in [3.05, 3.63) is 88.5 Å². The number of halogens is 2. The van der Waals surface area contributed by atoms with Crippen LogP contribution in [0, 0.1) is 13.8 Å². The third-order valence-corrected chi connectivity index (χ3v) is 6.10. The molecule has 1 aliphatic rings. The summed E-state index contributed by atoms with van der Waals surface area (Å²) in [5.74, 6) is -3.18. The van der Waals surface area contributed by atoms with Gasteiger partial charge in [-0.3, -0.25) is 4.79 Å². The van der Waals surface area contributed by atoms with Crippen molar-refractivity contribution in [2.24, 2.45) is 0 Å². The smallest absolute Gasteiger partial charge is 0.306 e. The molecule has 4 rings (SSSR count). The summed E-state index contributed by atoms with van der Waals surface area (Å²) < 4.78 is 41.4. The van der Waals surface area contributed by atoms with Crippen molar-refractivity contribution in [1.29, 1.82) is 0 Å². The lowest BCUT2D eigenvalue weighted by Gasteiger charge is -2.33. The SMILES string of the molecule is CCOC(=O)CCc1ccc2c(c1)C(F)(F)CC(c1cccc(-c3c(C)cccc3C)c1)O2. The molecule has 0 saturated carbocycles. The van der Waals surface area contributed by atoms with E-state index < -0.39 is 18.4 Å². The Balaban J connectivity index is 1.59. The molecule has 172 valence electrons. The first-order valence-corrected chi connectivity index (χ1v) is 11.3. The maximum absolute atomic E-state index is 15.2. The molecule has 0 N–H and O–H groups in total. The summed E-state index contributed by atoms with van der Waals surface area (Å²) in [6, 6.07) is 18.6. The molecule has 0 amide bonds. The largest absolute Gasteiger partial charge is 0.485 e. The van der Waals surface area contributed by atoms with Crippen molar-refractivity contribution in [3.63, 3.8) is 0 Å². The van der Waals surface area contributed by atoms with Crippen molar-refractivity contribution in [3.8, 4) is 16.9 Å². The number of carbonyl (C=O) groups is 1. The van der Waals surface area contributed by atoms with Crippen LogP contribution in [0.15, 0.2) is 60.7 Å². The molecule has 0 spiro atoms. The second-order valence-electron chi connectivity index (χ2n) is 8.54. The van der Waals surface area contributed by atoms with E-state index in [9.17, 15) is 4.79 Å². The molecular formula is C28H28F2O3. The Morgan fingerprint density at radius 2 is 1.79 bits per heavy atom. The molecule has 5 heteroatoms. The van der Waals surface area contributed by atoms with Crippen molar-refractivity contribution in [1.82, 2.24) is 0 Å². The highest BCUT2D eigenvalue weighted by Gasteiger charge is 2.43. The predicted octanol–water partition coefficient (Wildman–Crippen LogP) is 7.08. The maximum Gasteiger partial charge on any atom is 0.306 e. The van der Waals surface area contributed by atoms with Gasteiger partial charge in [0.05, 0.1) is 18.6 Å². The Kier molecular flexibility index (Phi) is 6.50. The number of hydrogen-bond acceptors (Lipinski definition) is 3. The number of benzene rings is 3. The molecule has 0 bridgehead atoms. The van der Waals surface area contributed by atoms with Crippen LogP contribution in [0.5, 0.6) is 5.75 Å². The molecule has 0 radical (unpaired) electrons. The highest BCUT2D eigenvalue weighted by Crippen LogP contribution is 2.48. The Morgan fingerprint density at radius 1 is 1.06 bits per heavy atom. The van der Waals surface area contributed by atoms with Crippen LogP contribution in [0.2, 0.25) is 0 Å². The molecule has 1 unspecified atom stereocenters. The van der Waals surface area contributed by atoms with Gasteiger partial charge in [-0.25, -0.2) is 8.78 Å². The summed E-state index contributed by atoms with van der Waals surface area (Å²) in [6.07, 6.45) is -0.671. The monoisotopic (exact) mass is 450 g/mol. The van der Waals surface area contributed by atoms with E-state index in [1.54, 1.807) is 19.1 Å². The van der Waals surface area contributed by atoms with Crippen LogP contribution in [0.25, 0.3) is 11.1 Å². The number of ether oxygens (including phenoxy) is 2. The normalized spacial score (nSPS) is 16.6. The fourth-order valence-corrected chi connectivity index (χ4v) is 4.49. The molecule has 1 atom stereocenters. The average Bonchev–Trinajstić information content (AvgIpc) is 2.78. The molecular weight excluding hydrogens is 422 g/mol. The number of rotatable bonds is 6. The fraction of sp³-hybridized carbons (Fsp3) is 0.321. The Hall–Kier alpha value is -3.21. The van der Waals surface area contributed by atoms with Crippen LogP contribution in [0.1, 0.15) is 53.7 Å². The molecule has 1 heterocycles. The third-order valence-electron chi connectivity index (χ3n) is 6.10. The maximum atomic E-state index is 15.2. The number of aryl methyl sites for hydroxylation is 3. The lowest BCUT2D eigenvalue weighted by Crippen LogP contribution is -2.27. The highest BCUT2D eigenvalue weighted by atomic mass is 19.3. The summed E-state index contributed by atoms with van der Waals surface area (Å²) in [4.78, 5) is 11.6. The van der Waals surface area contributed by atoms with Gasteiger partial charge in [-0.1, -0.05) is 42.5 Å². The van der Waals surface area contributed by atoms with E-state index in [4.69, 9.17) is 9.47 Å². The number of esters is 1. The van der Waals surface area contributed by atoms with Crippen molar-refractivity contribution in [2.45, 2.75) is 52.1 Å². The van der Waals surface area contributed by atoms with Crippen molar-refractivity contribution >= 4 is 5.97 Å². The Labute approximate surface area is 193 Å². The first-order valence-electron chi connectivity index (χ1n) is 11.3. The van der Waals surface area contributed by atoms with E-state index >= 15 is 8.78 Å². The van der Waals surface area contributed by atoms with E-state index in [2.05, 4.69) is 26.0 Å². The van der Waals surface area contributed by atoms with Gasteiger partial charge in [-0.2, -0.15) is 0 Å². The predicted molar refractivity (Wildman–Crippen MR) is 125 cm³/mol. The molecule has 33 heavy (non-hydrogen) atoms. The summed E-state index contributed by atoms with van der Waals surface area (Å²) in [5, 5.41) is 0. The van der Waals surface area contributed by atoms with Gasteiger partial charge in [0.1, 0.15) is 11.9 Å². The molecule has 3 aromatic carbocycles. The molecule has 3 aromatic rings. The highest BCUT2D eigenvalue weighted by molar-refractivity contribution is 5.71. The van der Waals surface area contributed by atoms with E-state index in [1.807, 2.05) is 30.3 Å². The van der Waals surface area contributed by atoms with Gasteiger partial charge in [0.25, 0.3) is 5.92 Å². The van der Waals surface area contributed by atoms with Gasteiger partial charge in [-0.05, 0) is 78.8 Å². The topological polar surface area (TPSA) is 35.5 Å². The number of alkyl halides is 2. The van der Waals surface area contributed by atoms with Gasteiger partial charge in [0.15, 0.2) is 0 Å². The summed E-state index contributed by atoms with van der Waals surface area (Å²) in [7, 11) is 0. The quantitative estimate of drug-likeness (QED) is 0.376. The van der Waals surface area contributed by atoms with Crippen LogP contribution in [0.3, 0.4) is 0 Å². The molecule has 3 nitrogen and oxygen atoms in total. The van der Waals surface area contributed by atoms with Crippen LogP contribution >= 0.6 is 0 Å². The lowest BCUT2D eigenvalue weighted by atomic mass is 9.90. The van der Waals surface area contributed by atoms with Crippen LogP contribution in [-0.4, -0.2) is 12.6 Å². The molecule has 0 fully saturated rings. The zero-order valence-electron chi connectivity index (χ0n) is 19.2. The molecule has 0 aromatic heterocycles. The Bertz CT molecular complexity index is 1150. The molecule has 0 aliphatic carbocycles. The zero-order valence-corrected chi connectivity index (χ0v) is 19.2. The van der Waals surface area contributed by atoms with E-state index in [-0.39, 0.29) is 23.7 Å². The van der Waals surface area contributed by atoms with Crippen LogP contribution in [0.4, 0.5) is 8.78 Å². The molecule has 0 saturated heterocycles. The standard InChI is InChI=1S/C28H28F2O3/c1-4-32-26(31)14-12-20-11-13-24-23(15-20)28(29,30)17-25(33-24)21-9-6-10-22(16-21)27-18(2)7-5-8-19(27)3/h5-11,13,15-16,25H,4,12,14,17H2,1-3H3. The van der Waals surface area contributed by atoms with Crippen molar-refractivity contribution in [2.75, 3.05) is 6.61 Å². The number of hydrogen-bond donors (Lipinski definition) is 0. The second-order valence-corrected chi connectivity index (χ2v) is 8.54. The number of carbonyl (C=O) groups excluding carboxylic acids is 1. The van der Waals surface area contributed by atoms with Crippen molar-refractivity contribution < 1.29 is 23.0 Å². The minimum Gasteiger partial charge on any atom is -0.485 e.